The third-order valence-electron chi connectivity index (χ3n) is 3.10. The summed E-state index contributed by atoms with van der Waals surface area (Å²) in [6.45, 7) is 6.89. The summed E-state index contributed by atoms with van der Waals surface area (Å²) in [4.78, 5) is 0. The first-order valence-corrected chi connectivity index (χ1v) is 6.00. The lowest BCUT2D eigenvalue weighted by molar-refractivity contribution is 0.439. The highest BCUT2D eigenvalue weighted by molar-refractivity contribution is 6.20. The lowest BCUT2D eigenvalue weighted by atomic mass is 10.1. The van der Waals surface area contributed by atoms with E-state index in [4.69, 9.17) is 11.6 Å². The molecule has 3 atom stereocenters. The van der Waals surface area contributed by atoms with Crippen LogP contribution in [0.5, 0.6) is 0 Å². The Hall–Kier alpha value is 0.250. The molecular formula is C11H22ClN. The molecule has 13 heavy (non-hydrogen) atoms. The van der Waals surface area contributed by atoms with Crippen LogP contribution >= 0.6 is 11.6 Å². The molecule has 0 amide bonds. The van der Waals surface area contributed by atoms with Crippen LogP contribution in [0.25, 0.3) is 0 Å². The standard InChI is InChI=1S/C11H22ClN/c1-3-9(2)7-13-8-10-4-5-11(12)6-10/h9-11,13H,3-8H2,1-2H3. The molecule has 0 aromatic carbocycles. The van der Waals surface area contributed by atoms with Crippen molar-refractivity contribution < 1.29 is 0 Å². The van der Waals surface area contributed by atoms with E-state index in [0.29, 0.717) is 5.38 Å². The van der Waals surface area contributed by atoms with Crippen molar-refractivity contribution in [2.75, 3.05) is 13.1 Å². The first-order valence-electron chi connectivity index (χ1n) is 5.57. The minimum absolute atomic E-state index is 0.454. The highest BCUT2D eigenvalue weighted by atomic mass is 35.5. The van der Waals surface area contributed by atoms with Crippen LogP contribution in [0.3, 0.4) is 0 Å². The van der Waals surface area contributed by atoms with Gasteiger partial charge < -0.3 is 5.32 Å². The number of hydrogen-bond acceptors (Lipinski definition) is 1. The minimum atomic E-state index is 0.454. The molecule has 0 heterocycles. The normalized spacial score (nSPS) is 30.7. The lowest BCUT2D eigenvalue weighted by Gasteiger charge is -2.13. The Balaban J connectivity index is 2.00. The van der Waals surface area contributed by atoms with Crippen molar-refractivity contribution in [1.82, 2.24) is 5.32 Å². The van der Waals surface area contributed by atoms with E-state index in [0.717, 1.165) is 11.8 Å². The van der Waals surface area contributed by atoms with Crippen LogP contribution in [0.15, 0.2) is 0 Å². The zero-order valence-corrected chi connectivity index (χ0v) is 9.61. The van der Waals surface area contributed by atoms with Gasteiger partial charge in [0.2, 0.25) is 0 Å². The topological polar surface area (TPSA) is 12.0 Å². The molecular weight excluding hydrogens is 182 g/mol. The van der Waals surface area contributed by atoms with Crippen LogP contribution in [0, 0.1) is 11.8 Å². The molecule has 1 saturated carbocycles. The maximum atomic E-state index is 6.05. The van der Waals surface area contributed by atoms with E-state index in [1.165, 1.54) is 38.8 Å². The maximum Gasteiger partial charge on any atom is 0.0339 e. The Morgan fingerprint density at radius 2 is 2.23 bits per heavy atom. The van der Waals surface area contributed by atoms with E-state index < -0.39 is 0 Å². The summed E-state index contributed by atoms with van der Waals surface area (Å²) in [6.07, 6.45) is 5.03. The van der Waals surface area contributed by atoms with Gasteiger partial charge in [0.05, 0.1) is 0 Å². The van der Waals surface area contributed by atoms with Gasteiger partial charge in [-0.3, -0.25) is 0 Å². The quantitative estimate of drug-likeness (QED) is 0.678. The van der Waals surface area contributed by atoms with E-state index in [1.54, 1.807) is 0 Å². The Labute approximate surface area is 87.2 Å². The third-order valence-corrected chi connectivity index (χ3v) is 3.50. The van der Waals surface area contributed by atoms with Gasteiger partial charge in [-0.25, -0.2) is 0 Å². The molecule has 1 aliphatic rings. The molecule has 0 spiro atoms. The number of nitrogens with one attached hydrogen (secondary N) is 1. The fourth-order valence-electron chi connectivity index (χ4n) is 1.88. The van der Waals surface area contributed by atoms with Crippen molar-refractivity contribution >= 4 is 11.6 Å². The summed E-state index contributed by atoms with van der Waals surface area (Å²) in [5.74, 6) is 1.65. The smallest absolute Gasteiger partial charge is 0.0339 e. The number of alkyl halides is 1. The fraction of sp³-hybridized carbons (Fsp3) is 1.00. The molecule has 0 bridgehead atoms. The monoisotopic (exact) mass is 203 g/mol. The summed E-state index contributed by atoms with van der Waals surface area (Å²) >= 11 is 6.05. The largest absolute Gasteiger partial charge is 0.316 e. The van der Waals surface area contributed by atoms with Gasteiger partial charge in [-0.2, -0.15) is 0 Å². The SMILES string of the molecule is CCC(C)CNCC1CCC(Cl)C1. The van der Waals surface area contributed by atoms with E-state index >= 15 is 0 Å². The second kappa shape index (κ2) is 5.87. The molecule has 2 heteroatoms. The van der Waals surface area contributed by atoms with Gasteiger partial charge in [0.15, 0.2) is 0 Å². The highest BCUT2D eigenvalue weighted by Crippen LogP contribution is 2.28. The van der Waals surface area contributed by atoms with Crippen LogP contribution < -0.4 is 5.32 Å². The molecule has 0 saturated heterocycles. The van der Waals surface area contributed by atoms with Gasteiger partial charge >= 0.3 is 0 Å². The van der Waals surface area contributed by atoms with Gasteiger partial charge in [-0.1, -0.05) is 20.3 Å². The second-order valence-electron chi connectivity index (χ2n) is 4.45. The Bertz CT molecular complexity index is 138. The highest BCUT2D eigenvalue weighted by Gasteiger charge is 2.22. The molecule has 1 fully saturated rings. The number of halogens is 1. The molecule has 0 aromatic heterocycles. The molecule has 0 aromatic rings. The van der Waals surface area contributed by atoms with Crippen molar-refractivity contribution in [3.63, 3.8) is 0 Å². The maximum absolute atomic E-state index is 6.05. The van der Waals surface area contributed by atoms with Crippen molar-refractivity contribution in [1.29, 1.82) is 0 Å². The third kappa shape index (κ3) is 4.33. The predicted octanol–water partition coefficient (Wildman–Crippen LogP) is 3.03. The van der Waals surface area contributed by atoms with Gasteiger partial charge in [0.1, 0.15) is 0 Å². The summed E-state index contributed by atoms with van der Waals surface area (Å²) in [7, 11) is 0. The van der Waals surface area contributed by atoms with Gasteiger partial charge in [-0.05, 0) is 44.2 Å². The van der Waals surface area contributed by atoms with E-state index in [9.17, 15) is 0 Å². The van der Waals surface area contributed by atoms with Crippen molar-refractivity contribution in [3.8, 4) is 0 Å². The number of hydrogen-bond donors (Lipinski definition) is 1. The van der Waals surface area contributed by atoms with Gasteiger partial charge in [0.25, 0.3) is 0 Å². The second-order valence-corrected chi connectivity index (χ2v) is 5.07. The Morgan fingerprint density at radius 3 is 2.77 bits per heavy atom. The first-order chi connectivity index (χ1) is 6.22. The van der Waals surface area contributed by atoms with E-state index in [-0.39, 0.29) is 0 Å². The van der Waals surface area contributed by atoms with E-state index in [1.807, 2.05) is 0 Å². The van der Waals surface area contributed by atoms with Crippen molar-refractivity contribution in [2.45, 2.75) is 44.9 Å². The average Bonchev–Trinajstić information content (AvgIpc) is 2.51. The van der Waals surface area contributed by atoms with Crippen molar-refractivity contribution in [2.24, 2.45) is 11.8 Å². The van der Waals surface area contributed by atoms with Crippen molar-refractivity contribution in [3.05, 3.63) is 0 Å². The first kappa shape index (κ1) is 11.3. The van der Waals surface area contributed by atoms with Crippen LogP contribution in [0.2, 0.25) is 0 Å². The van der Waals surface area contributed by atoms with Crippen LogP contribution in [-0.4, -0.2) is 18.5 Å². The van der Waals surface area contributed by atoms with Crippen LogP contribution in [0.1, 0.15) is 39.5 Å². The molecule has 1 rings (SSSR count). The van der Waals surface area contributed by atoms with Crippen LogP contribution in [-0.2, 0) is 0 Å². The molecule has 3 unspecified atom stereocenters. The predicted molar refractivity (Wildman–Crippen MR) is 59.3 cm³/mol. The van der Waals surface area contributed by atoms with Gasteiger partial charge in [0, 0.05) is 5.38 Å². The molecule has 1 nitrogen and oxygen atoms in total. The summed E-state index contributed by atoms with van der Waals surface area (Å²) in [5, 5.41) is 3.99. The molecule has 1 N–H and O–H groups in total. The summed E-state index contributed by atoms with van der Waals surface area (Å²) < 4.78 is 0. The zero-order valence-electron chi connectivity index (χ0n) is 8.85. The van der Waals surface area contributed by atoms with Crippen LogP contribution in [0.4, 0.5) is 0 Å². The Kier molecular flexibility index (Phi) is 5.12. The van der Waals surface area contributed by atoms with Gasteiger partial charge in [-0.15, -0.1) is 11.6 Å². The number of rotatable bonds is 5. The Morgan fingerprint density at radius 1 is 1.46 bits per heavy atom. The lowest BCUT2D eigenvalue weighted by Crippen LogP contribution is -2.26. The van der Waals surface area contributed by atoms with E-state index in [2.05, 4.69) is 19.2 Å². The molecule has 1 aliphatic carbocycles. The molecule has 0 aliphatic heterocycles. The molecule has 0 radical (unpaired) electrons. The minimum Gasteiger partial charge on any atom is -0.316 e. The zero-order chi connectivity index (χ0) is 9.68. The summed E-state index contributed by atoms with van der Waals surface area (Å²) in [6, 6.07) is 0. The molecule has 78 valence electrons. The summed E-state index contributed by atoms with van der Waals surface area (Å²) in [5.41, 5.74) is 0. The average molecular weight is 204 g/mol. The fourth-order valence-corrected chi connectivity index (χ4v) is 2.26.